The average Bonchev–Trinajstić information content (AvgIpc) is 2.38. The van der Waals surface area contributed by atoms with Crippen molar-refractivity contribution in [1.29, 1.82) is 5.26 Å². The molecule has 1 rings (SSSR count). The molecule has 0 unspecified atom stereocenters. The molecule has 20 heavy (non-hydrogen) atoms. The Bertz CT molecular complexity index is 605. The van der Waals surface area contributed by atoms with Gasteiger partial charge in [0.25, 0.3) is 0 Å². The third-order valence-corrected chi connectivity index (χ3v) is 3.73. The molecule has 1 aromatic carbocycles. The van der Waals surface area contributed by atoms with E-state index in [0.717, 1.165) is 0 Å². The average molecular weight is 296 g/mol. The van der Waals surface area contributed by atoms with Crippen LogP contribution in [0, 0.1) is 11.3 Å². The number of hydrogen-bond donors (Lipinski definition) is 1. The van der Waals surface area contributed by atoms with Gasteiger partial charge in [-0.05, 0) is 24.6 Å². The van der Waals surface area contributed by atoms with Gasteiger partial charge in [-0.3, -0.25) is 4.79 Å². The molecule has 1 N–H and O–H groups in total. The second-order valence-corrected chi connectivity index (χ2v) is 5.83. The summed E-state index contributed by atoms with van der Waals surface area (Å²) in [5.41, 5.74) is 0.928. The molecule has 0 aliphatic heterocycles. The van der Waals surface area contributed by atoms with Crippen molar-refractivity contribution >= 4 is 16.0 Å². The first kappa shape index (κ1) is 16.1. The number of nitrogens with zero attached hydrogens (tertiary/aromatic N) is 1. The van der Waals surface area contributed by atoms with Crippen molar-refractivity contribution in [3.05, 3.63) is 35.4 Å². The third kappa shape index (κ3) is 5.82. The normalized spacial score (nSPS) is 10.8. The van der Waals surface area contributed by atoms with Crippen molar-refractivity contribution in [2.24, 2.45) is 0 Å². The van der Waals surface area contributed by atoms with Crippen LogP contribution in [0.15, 0.2) is 24.3 Å². The number of hydrogen-bond acceptors (Lipinski definition) is 5. The summed E-state index contributed by atoms with van der Waals surface area (Å²) in [6.45, 7) is 1.95. The van der Waals surface area contributed by atoms with Crippen LogP contribution in [-0.2, 0) is 25.3 Å². The fourth-order valence-electron chi connectivity index (χ4n) is 1.54. The number of esters is 1. The molecule has 1 aromatic rings. The Morgan fingerprint density at radius 2 is 2.20 bits per heavy atom. The van der Waals surface area contributed by atoms with Gasteiger partial charge in [-0.25, -0.2) is 13.1 Å². The number of nitriles is 1. The summed E-state index contributed by atoms with van der Waals surface area (Å²) in [6.07, 6.45) is -0.00863. The topological polar surface area (TPSA) is 96.3 Å². The van der Waals surface area contributed by atoms with Gasteiger partial charge < -0.3 is 4.74 Å². The zero-order chi connectivity index (χ0) is 15.0. The lowest BCUT2D eigenvalue weighted by molar-refractivity contribution is -0.142. The largest absolute Gasteiger partial charge is 0.466 e. The Kier molecular flexibility index (Phi) is 6.15. The van der Waals surface area contributed by atoms with Crippen molar-refractivity contribution in [3.63, 3.8) is 0 Å². The summed E-state index contributed by atoms with van der Waals surface area (Å²) in [5.74, 6) is -0.674. The van der Waals surface area contributed by atoms with E-state index < -0.39 is 16.0 Å². The van der Waals surface area contributed by atoms with Crippen LogP contribution < -0.4 is 4.72 Å². The number of ether oxygens (including phenoxy) is 1. The second-order valence-electron chi connectivity index (χ2n) is 4.02. The smallest absolute Gasteiger partial charge is 0.307 e. The van der Waals surface area contributed by atoms with Crippen LogP contribution in [0.4, 0.5) is 0 Å². The van der Waals surface area contributed by atoms with Crippen molar-refractivity contribution in [2.45, 2.75) is 19.1 Å². The van der Waals surface area contributed by atoms with E-state index in [2.05, 4.69) is 4.72 Å². The molecule has 6 nitrogen and oxygen atoms in total. The molecule has 0 aromatic heterocycles. The van der Waals surface area contributed by atoms with Crippen LogP contribution >= 0.6 is 0 Å². The lowest BCUT2D eigenvalue weighted by Crippen LogP contribution is -2.28. The summed E-state index contributed by atoms with van der Waals surface area (Å²) in [4.78, 5) is 11.1. The highest BCUT2D eigenvalue weighted by Gasteiger charge is 2.12. The van der Waals surface area contributed by atoms with E-state index in [1.807, 2.05) is 6.07 Å². The summed E-state index contributed by atoms with van der Waals surface area (Å²) in [6, 6.07) is 8.33. The fourth-order valence-corrected chi connectivity index (χ4v) is 2.68. The van der Waals surface area contributed by atoms with E-state index in [9.17, 15) is 13.2 Å². The predicted octanol–water partition coefficient (Wildman–Crippen LogP) is 0.931. The monoisotopic (exact) mass is 296 g/mol. The van der Waals surface area contributed by atoms with Gasteiger partial charge >= 0.3 is 5.97 Å². The third-order valence-electron chi connectivity index (χ3n) is 2.37. The number of carbonyl (C=O) groups is 1. The van der Waals surface area contributed by atoms with Crippen LogP contribution in [-0.4, -0.2) is 27.5 Å². The number of carbonyl (C=O) groups excluding carboxylic acids is 1. The molecular weight excluding hydrogens is 280 g/mol. The molecule has 0 aliphatic carbocycles. The fraction of sp³-hybridized carbons (Fsp3) is 0.385. The maximum Gasteiger partial charge on any atom is 0.307 e. The van der Waals surface area contributed by atoms with E-state index in [4.69, 9.17) is 10.00 Å². The molecule has 0 fully saturated rings. The first-order valence-electron chi connectivity index (χ1n) is 6.09. The van der Waals surface area contributed by atoms with E-state index >= 15 is 0 Å². The van der Waals surface area contributed by atoms with Crippen molar-refractivity contribution in [3.8, 4) is 6.07 Å². The minimum absolute atomic E-state index is 0.000886. The molecule has 0 bridgehead atoms. The van der Waals surface area contributed by atoms with Crippen molar-refractivity contribution < 1.29 is 17.9 Å². The number of benzene rings is 1. The Balaban J connectivity index is 2.53. The van der Waals surface area contributed by atoms with E-state index in [1.54, 1.807) is 25.1 Å². The lowest BCUT2D eigenvalue weighted by atomic mass is 10.2. The highest BCUT2D eigenvalue weighted by Crippen LogP contribution is 2.07. The Morgan fingerprint density at radius 1 is 1.45 bits per heavy atom. The molecule has 0 saturated heterocycles. The van der Waals surface area contributed by atoms with Gasteiger partial charge in [-0.15, -0.1) is 0 Å². The molecule has 0 amide bonds. The van der Waals surface area contributed by atoms with Crippen LogP contribution in [0.2, 0.25) is 0 Å². The molecule has 0 aliphatic rings. The Hall–Kier alpha value is -1.91. The zero-order valence-corrected chi connectivity index (χ0v) is 11.9. The molecule has 0 radical (unpaired) electrons. The predicted molar refractivity (Wildman–Crippen MR) is 73.0 cm³/mol. The van der Waals surface area contributed by atoms with Crippen LogP contribution in [0.1, 0.15) is 24.5 Å². The zero-order valence-electron chi connectivity index (χ0n) is 11.1. The SMILES string of the molecule is CCOC(=O)CCNS(=O)(=O)Cc1cccc(C#N)c1. The van der Waals surface area contributed by atoms with E-state index in [1.165, 1.54) is 6.07 Å². The summed E-state index contributed by atoms with van der Waals surface area (Å²) in [5, 5.41) is 8.75. The minimum atomic E-state index is -3.54. The molecule has 0 saturated carbocycles. The minimum Gasteiger partial charge on any atom is -0.466 e. The first-order valence-corrected chi connectivity index (χ1v) is 7.74. The van der Waals surface area contributed by atoms with Gasteiger partial charge in [-0.1, -0.05) is 12.1 Å². The highest BCUT2D eigenvalue weighted by atomic mass is 32.2. The summed E-state index contributed by atoms with van der Waals surface area (Å²) < 4.78 is 30.6. The standard InChI is InChI=1S/C13H16N2O4S/c1-2-19-13(16)6-7-15-20(17,18)10-12-5-3-4-11(8-12)9-14/h3-5,8,15H,2,6-7,10H2,1H3. The van der Waals surface area contributed by atoms with Crippen LogP contribution in [0.3, 0.4) is 0 Å². The molecule has 0 atom stereocenters. The maximum atomic E-state index is 11.8. The maximum absolute atomic E-state index is 11.8. The van der Waals surface area contributed by atoms with Crippen LogP contribution in [0.25, 0.3) is 0 Å². The summed E-state index contributed by atoms with van der Waals surface area (Å²) in [7, 11) is -3.54. The Labute approximate surface area is 118 Å². The molecule has 0 spiro atoms. The highest BCUT2D eigenvalue weighted by molar-refractivity contribution is 7.88. The van der Waals surface area contributed by atoms with E-state index in [-0.39, 0.29) is 25.3 Å². The summed E-state index contributed by atoms with van der Waals surface area (Å²) >= 11 is 0. The van der Waals surface area contributed by atoms with Crippen molar-refractivity contribution in [1.82, 2.24) is 4.72 Å². The quantitative estimate of drug-likeness (QED) is 0.755. The molecule has 0 heterocycles. The number of rotatable bonds is 7. The Morgan fingerprint density at radius 3 is 2.85 bits per heavy atom. The number of nitrogens with one attached hydrogen (secondary N) is 1. The molecule has 108 valence electrons. The number of sulfonamides is 1. The van der Waals surface area contributed by atoms with Gasteiger partial charge in [0.05, 0.1) is 30.4 Å². The van der Waals surface area contributed by atoms with Crippen molar-refractivity contribution in [2.75, 3.05) is 13.2 Å². The van der Waals surface area contributed by atoms with E-state index in [0.29, 0.717) is 11.1 Å². The molecule has 7 heteroatoms. The van der Waals surface area contributed by atoms with Gasteiger partial charge in [0.1, 0.15) is 0 Å². The lowest BCUT2D eigenvalue weighted by Gasteiger charge is -2.07. The molecular formula is C13H16N2O4S. The van der Waals surface area contributed by atoms with Gasteiger partial charge in [0.15, 0.2) is 0 Å². The second kappa shape index (κ2) is 7.62. The van der Waals surface area contributed by atoms with Gasteiger partial charge in [0, 0.05) is 6.54 Å². The van der Waals surface area contributed by atoms with Gasteiger partial charge in [0.2, 0.25) is 10.0 Å². The van der Waals surface area contributed by atoms with Crippen LogP contribution in [0.5, 0.6) is 0 Å². The first-order chi connectivity index (χ1) is 9.46. The van der Waals surface area contributed by atoms with Gasteiger partial charge in [-0.2, -0.15) is 5.26 Å².